The Morgan fingerprint density at radius 1 is 1.21 bits per heavy atom. The molecule has 4 rings (SSSR count). The molecule has 0 aromatic carbocycles. The third-order valence-electron chi connectivity index (χ3n) is 5.20. The first-order valence-corrected chi connectivity index (χ1v) is 10.1. The SMILES string of the molecule is CCCCCn1cc(-c2nn(-c3cnc(OC)c(F)c3)c3c2CCOCC3)cn1. The van der Waals surface area contributed by atoms with E-state index in [-0.39, 0.29) is 5.88 Å². The maximum Gasteiger partial charge on any atom is 0.250 e. The summed E-state index contributed by atoms with van der Waals surface area (Å²) in [5, 5.41) is 9.34. The monoisotopic (exact) mass is 399 g/mol. The summed E-state index contributed by atoms with van der Waals surface area (Å²) in [6.45, 7) is 4.34. The predicted octanol–water partition coefficient (Wildman–Crippen LogP) is 3.58. The first-order valence-electron chi connectivity index (χ1n) is 10.1. The van der Waals surface area contributed by atoms with Gasteiger partial charge in [-0.1, -0.05) is 19.8 Å². The minimum atomic E-state index is -0.510. The maximum atomic E-state index is 14.3. The Morgan fingerprint density at radius 3 is 2.86 bits per heavy atom. The molecule has 7 nitrogen and oxygen atoms in total. The van der Waals surface area contributed by atoms with Crippen LogP contribution >= 0.6 is 0 Å². The highest BCUT2D eigenvalue weighted by molar-refractivity contribution is 5.64. The molecule has 8 heteroatoms. The third kappa shape index (κ3) is 4.03. The van der Waals surface area contributed by atoms with Crippen molar-refractivity contribution in [1.82, 2.24) is 24.5 Å². The Kier molecular flexibility index (Phi) is 5.89. The second-order valence-corrected chi connectivity index (χ2v) is 7.18. The van der Waals surface area contributed by atoms with Crippen molar-refractivity contribution >= 4 is 0 Å². The molecular weight excluding hydrogens is 373 g/mol. The lowest BCUT2D eigenvalue weighted by Gasteiger charge is -2.08. The fourth-order valence-electron chi connectivity index (χ4n) is 3.71. The van der Waals surface area contributed by atoms with Crippen LogP contribution in [-0.4, -0.2) is 44.9 Å². The fourth-order valence-corrected chi connectivity index (χ4v) is 3.71. The van der Waals surface area contributed by atoms with E-state index in [9.17, 15) is 4.39 Å². The average molecular weight is 399 g/mol. The molecule has 0 saturated carbocycles. The van der Waals surface area contributed by atoms with Gasteiger partial charge >= 0.3 is 0 Å². The first-order chi connectivity index (χ1) is 14.2. The standard InChI is InChI=1S/C21H26FN5O2/c1-3-4-5-8-26-14-15(12-24-26)20-17-6-9-29-10-7-19(17)27(25-20)16-11-18(22)21(28-2)23-13-16/h11-14H,3-10H2,1-2H3. The summed E-state index contributed by atoms with van der Waals surface area (Å²) >= 11 is 0. The molecule has 4 heterocycles. The number of hydrogen-bond donors (Lipinski definition) is 0. The van der Waals surface area contributed by atoms with Gasteiger partial charge in [0, 0.05) is 36.4 Å². The van der Waals surface area contributed by atoms with Crippen LogP contribution in [0.5, 0.6) is 5.88 Å². The number of fused-ring (bicyclic) bond motifs is 1. The normalized spacial score (nSPS) is 13.9. The molecule has 0 fully saturated rings. The van der Waals surface area contributed by atoms with E-state index < -0.39 is 5.82 Å². The minimum absolute atomic E-state index is 0.0242. The van der Waals surface area contributed by atoms with Crippen molar-refractivity contribution in [3.8, 4) is 22.8 Å². The highest BCUT2D eigenvalue weighted by Gasteiger charge is 2.23. The second-order valence-electron chi connectivity index (χ2n) is 7.18. The van der Waals surface area contributed by atoms with Crippen LogP contribution in [0.15, 0.2) is 24.7 Å². The van der Waals surface area contributed by atoms with E-state index in [4.69, 9.17) is 14.6 Å². The second kappa shape index (κ2) is 8.73. The molecular formula is C21H26FN5O2. The van der Waals surface area contributed by atoms with Crippen molar-refractivity contribution < 1.29 is 13.9 Å². The van der Waals surface area contributed by atoms with Gasteiger partial charge in [-0.15, -0.1) is 0 Å². The summed E-state index contributed by atoms with van der Waals surface area (Å²) in [5.41, 5.74) is 4.58. The van der Waals surface area contributed by atoms with Crippen LogP contribution in [-0.2, 0) is 24.1 Å². The fraction of sp³-hybridized carbons (Fsp3) is 0.476. The maximum absolute atomic E-state index is 14.3. The molecule has 154 valence electrons. The summed E-state index contributed by atoms with van der Waals surface area (Å²) in [6.07, 6.45) is 10.4. The highest BCUT2D eigenvalue weighted by atomic mass is 19.1. The number of nitrogens with zero attached hydrogens (tertiary/aromatic N) is 5. The van der Waals surface area contributed by atoms with Gasteiger partial charge in [0.2, 0.25) is 5.88 Å². The Hall–Kier alpha value is -2.74. The predicted molar refractivity (Wildman–Crippen MR) is 107 cm³/mol. The van der Waals surface area contributed by atoms with Crippen LogP contribution < -0.4 is 4.74 Å². The van der Waals surface area contributed by atoms with E-state index in [0.29, 0.717) is 25.3 Å². The van der Waals surface area contributed by atoms with Crippen LogP contribution in [0.25, 0.3) is 16.9 Å². The van der Waals surface area contributed by atoms with Gasteiger partial charge in [-0.05, 0) is 12.8 Å². The number of hydrogen-bond acceptors (Lipinski definition) is 5. The lowest BCUT2D eigenvalue weighted by Crippen LogP contribution is -2.06. The summed E-state index contributed by atoms with van der Waals surface area (Å²) in [5.74, 6) is -0.534. The Labute approximate surface area is 169 Å². The van der Waals surface area contributed by atoms with Crippen molar-refractivity contribution in [2.45, 2.75) is 45.6 Å². The van der Waals surface area contributed by atoms with Gasteiger partial charge in [0.05, 0.1) is 49.8 Å². The Morgan fingerprint density at radius 2 is 2.07 bits per heavy atom. The molecule has 1 aliphatic rings. The number of pyridine rings is 1. The number of unbranched alkanes of at least 4 members (excludes halogenated alkanes) is 2. The lowest BCUT2D eigenvalue weighted by molar-refractivity contribution is 0.145. The molecule has 0 unspecified atom stereocenters. The van der Waals surface area contributed by atoms with E-state index in [2.05, 4.69) is 17.0 Å². The van der Waals surface area contributed by atoms with Gasteiger partial charge in [0.1, 0.15) is 0 Å². The zero-order valence-electron chi connectivity index (χ0n) is 16.9. The molecule has 0 radical (unpaired) electrons. The van der Waals surface area contributed by atoms with E-state index in [1.807, 2.05) is 17.1 Å². The zero-order valence-corrected chi connectivity index (χ0v) is 16.9. The summed E-state index contributed by atoms with van der Waals surface area (Å²) in [4.78, 5) is 4.07. The summed E-state index contributed by atoms with van der Waals surface area (Å²) in [7, 11) is 1.40. The van der Waals surface area contributed by atoms with Crippen LogP contribution in [0, 0.1) is 5.82 Å². The average Bonchev–Trinajstić information content (AvgIpc) is 3.25. The molecule has 0 bridgehead atoms. The quantitative estimate of drug-likeness (QED) is 0.568. The zero-order chi connectivity index (χ0) is 20.2. The highest BCUT2D eigenvalue weighted by Crippen LogP contribution is 2.30. The van der Waals surface area contributed by atoms with E-state index in [1.165, 1.54) is 26.0 Å². The number of methoxy groups -OCH3 is 1. The smallest absolute Gasteiger partial charge is 0.250 e. The third-order valence-corrected chi connectivity index (χ3v) is 5.20. The molecule has 0 amide bonds. The van der Waals surface area contributed by atoms with Gasteiger partial charge in [-0.2, -0.15) is 10.2 Å². The molecule has 0 aliphatic carbocycles. The topological polar surface area (TPSA) is 67.0 Å². The molecule has 0 atom stereocenters. The Balaban J connectivity index is 1.73. The van der Waals surface area contributed by atoms with Crippen molar-refractivity contribution in [3.05, 3.63) is 41.7 Å². The van der Waals surface area contributed by atoms with Crippen molar-refractivity contribution in [2.75, 3.05) is 20.3 Å². The van der Waals surface area contributed by atoms with Gasteiger partial charge in [0.15, 0.2) is 5.82 Å². The van der Waals surface area contributed by atoms with Crippen LogP contribution in [0.3, 0.4) is 0 Å². The van der Waals surface area contributed by atoms with E-state index in [1.54, 1.807) is 10.9 Å². The number of rotatable bonds is 7. The summed E-state index contributed by atoms with van der Waals surface area (Å²) in [6, 6.07) is 1.41. The van der Waals surface area contributed by atoms with E-state index in [0.717, 1.165) is 41.9 Å². The molecule has 0 N–H and O–H groups in total. The molecule has 1 aliphatic heterocycles. The number of aryl methyl sites for hydroxylation is 1. The Bertz CT molecular complexity index is 982. The number of aromatic nitrogens is 5. The van der Waals surface area contributed by atoms with Gasteiger partial charge in [-0.3, -0.25) is 4.68 Å². The van der Waals surface area contributed by atoms with Gasteiger partial charge in [0.25, 0.3) is 0 Å². The summed E-state index contributed by atoms with van der Waals surface area (Å²) < 4.78 is 28.6. The molecule has 0 spiro atoms. The van der Waals surface area contributed by atoms with Gasteiger partial charge in [-0.25, -0.2) is 14.1 Å². The largest absolute Gasteiger partial charge is 0.479 e. The van der Waals surface area contributed by atoms with Crippen LogP contribution in [0.4, 0.5) is 4.39 Å². The molecule has 0 saturated heterocycles. The molecule has 3 aromatic heterocycles. The van der Waals surface area contributed by atoms with Crippen LogP contribution in [0.1, 0.15) is 37.4 Å². The van der Waals surface area contributed by atoms with Crippen molar-refractivity contribution in [2.24, 2.45) is 0 Å². The van der Waals surface area contributed by atoms with Crippen LogP contribution in [0.2, 0.25) is 0 Å². The number of halogens is 1. The first kappa shape index (κ1) is 19.6. The lowest BCUT2D eigenvalue weighted by atomic mass is 10.1. The molecule has 3 aromatic rings. The number of ether oxygens (including phenoxy) is 2. The van der Waals surface area contributed by atoms with E-state index >= 15 is 0 Å². The van der Waals surface area contributed by atoms with Gasteiger partial charge < -0.3 is 9.47 Å². The van der Waals surface area contributed by atoms with Crippen molar-refractivity contribution in [3.63, 3.8) is 0 Å². The molecule has 29 heavy (non-hydrogen) atoms. The van der Waals surface area contributed by atoms with Crippen molar-refractivity contribution in [1.29, 1.82) is 0 Å². The minimum Gasteiger partial charge on any atom is -0.479 e.